The lowest BCUT2D eigenvalue weighted by molar-refractivity contribution is -0.146. The summed E-state index contributed by atoms with van der Waals surface area (Å²) in [7, 11) is 0. The molecular weight excluding hydrogens is 208 g/mol. The lowest BCUT2D eigenvalue weighted by Gasteiger charge is -2.06. The van der Waals surface area contributed by atoms with E-state index in [2.05, 4.69) is 0 Å². The van der Waals surface area contributed by atoms with Crippen molar-refractivity contribution in [1.82, 2.24) is 0 Å². The van der Waals surface area contributed by atoms with Gasteiger partial charge in [0.2, 0.25) is 0 Å². The third-order valence-electron chi connectivity index (χ3n) is 1.89. The molecule has 16 heavy (non-hydrogen) atoms. The third-order valence-corrected chi connectivity index (χ3v) is 1.89. The Labute approximate surface area is 97.3 Å². The van der Waals surface area contributed by atoms with Crippen LogP contribution in [-0.4, -0.2) is 25.2 Å². The standard InChI is InChI=1S/C12H22O4/c1-4-15-11(13)7-5-6-8-12(14)16-9-10(2)3/h10H,4-9H2,1-3H3. The summed E-state index contributed by atoms with van der Waals surface area (Å²) in [6.45, 7) is 6.65. The van der Waals surface area contributed by atoms with E-state index < -0.39 is 0 Å². The Morgan fingerprint density at radius 3 is 1.94 bits per heavy atom. The van der Waals surface area contributed by atoms with Gasteiger partial charge in [0.05, 0.1) is 13.2 Å². The van der Waals surface area contributed by atoms with Gasteiger partial charge in [0.1, 0.15) is 0 Å². The summed E-state index contributed by atoms with van der Waals surface area (Å²) in [5.41, 5.74) is 0. The molecule has 0 radical (unpaired) electrons. The van der Waals surface area contributed by atoms with E-state index in [1.165, 1.54) is 0 Å². The molecule has 0 aliphatic rings. The number of ether oxygens (including phenoxy) is 2. The van der Waals surface area contributed by atoms with Crippen LogP contribution in [0.15, 0.2) is 0 Å². The van der Waals surface area contributed by atoms with Gasteiger partial charge in [-0.2, -0.15) is 0 Å². The predicted molar refractivity (Wildman–Crippen MR) is 60.9 cm³/mol. The fourth-order valence-corrected chi connectivity index (χ4v) is 1.10. The zero-order valence-electron chi connectivity index (χ0n) is 10.5. The number of unbranched alkanes of at least 4 members (excludes halogenated alkanes) is 1. The highest BCUT2D eigenvalue weighted by Gasteiger charge is 2.06. The van der Waals surface area contributed by atoms with Gasteiger partial charge in [-0.1, -0.05) is 13.8 Å². The highest BCUT2D eigenvalue weighted by atomic mass is 16.5. The topological polar surface area (TPSA) is 52.6 Å². The Morgan fingerprint density at radius 2 is 1.50 bits per heavy atom. The van der Waals surface area contributed by atoms with Crippen LogP contribution in [0.25, 0.3) is 0 Å². The molecule has 0 aromatic rings. The van der Waals surface area contributed by atoms with Crippen molar-refractivity contribution in [2.75, 3.05) is 13.2 Å². The Hall–Kier alpha value is -1.06. The number of hydrogen-bond donors (Lipinski definition) is 0. The summed E-state index contributed by atoms with van der Waals surface area (Å²) in [5.74, 6) is -0.0147. The van der Waals surface area contributed by atoms with Gasteiger partial charge in [0.25, 0.3) is 0 Å². The minimum absolute atomic E-state index is 0.183. The van der Waals surface area contributed by atoms with E-state index in [-0.39, 0.29) is 11.9 Å². The molecule has 0 rings (SSSR count). The second kappa shape index (κ2) is 9.19. The van der Waals surface area contributed by atoms with Crippen molar-refractivity contribution < 1.29 is 19.1 Å². The zero-order chi connectivity index (χ0) is 12.4. The van der Waals surface area contributed by atoms with Crippen LogP contribution in [-0.2, 0) is 19.1 Å². The lowest BCUT2D eigenvalue weighted by Crippen LogP contribution is -2.10. The average Bonchev–Trinajstić information content (AvgIpc) is 2.22. The first-order chi connectivity index (χ1) is 7.56. The molecule has 0 aromatic heterocycles. The molecule has 0 fully saturated rings. The molecule has 4 nitrogen and oxygen atoms in total. The predicted octanol–water partition coefficient (Wildman–Crippen LogP) is 2.31. The fraction of sp³-hybridized carbons (Fsp3) is 0.833. The van der Waals surface area contributed by atoms with Crippen LogP contribution in [0.5, 0.6) is 0 Å². The van der Waals surface area contributed by atoms with E-state index >= 15 is 0 Å². The quantitative estimate of drug-likeness (QED) is 0.474. The van der Waals surface area contributed by atoms with Gasteiger partial charge in [-0.3, -0.25) is 9.59 Å². The van der Waals surface area contributed by atoms with Crippen molar-refractivity contribution in [3.05, 3.63) is 0 Å². The molecule has 0 aromatic carbocycles. The maximum Gasteiger partial charge on any atom is 0.305 e. The minimum Gasteiger partial charge on any atom is -0.466 e. The molecule has 0 saturated carbocycles. The van der Waals surface area contributed by atoms with Crippen molar-refractivity contribution in [2.45, 2.75) is 46.5 Å². The third kappa shape index (κ3) is 9.49. The Kier molecular flexibility index (Phi) is 8.58. The lowest BCUT2D eigenvalue weighted by atomic mass is 10.2. The summed E-state index contributed by atoms with van der Waals surface area (Å²) >= 11 is 0. The van der Waals surface area contributed by atoms with E-state index in [1.54, 1.807) is 6.92 Å². The van der Waals surface area contributed by atoms with E-state index in [9.17, 15) is 9.59 Å². The average molecular weight is 230 g/mol. The van der Waals surface area contributed by atoms with E-state index in [4.69, 9.17) is 9.47 Å². The molecule has 0 unspecified atom stereocenters. The number of rotatable bonds is 8. The summed E-state index contributed by atoms with van der Waals surface area (Å²) in [4.78, 5) is 22.1. The van der Waals surface area contributed by atoms with Gasteiger partial charge in [-0.05, 0) is 25.7 Å². The van der Waals surface area contributed by atoms with Crippen LogP contribution in [0.4, 0.5) is 0 Å². The maximum atomic E-state index is 11.2. The molecule has 0 N–H and O–H groups in total. The molecule has 0 aliphatic carbocycles. The monoisotopic (exact) mass is 230 g/mol. The van der Waals surface area contributed by atoms with E-state index in [0.29, 0.717) is 44.8 Å². The molecule has 0 bridgehead atoms. The van der Waals surface area contributed by atoms with Gasteiger partial charge in [0.15, 0.2) is 0 Å². The van der Waals surface area contributed by atoms with Crippen molar-refractivity contribution >= 4 is 11.9 Å². The van der Waals surface area contributed by atoms with Crippen molar-refractivity contribution in [1.29, 1.82) is 0 Å². The van der Waals surface area contributed by atoms with Crippen LogP contribution < -0.4 is 0 Å². The van der Waals surface area contributed by atoms with E-state index in [1.807, 2.05) is 13.8 Å². The van der Waals surface area contributed by atoms with Gasteiger partial charge in [-0.15, -0.1) is 0 Å². The summed E-state index contributed by atoms with van der Waals surface area (Å²) in [5, 5.41) is 0. The highest BCUT2D eigenvalue weighted by Crippen LogP contribution is 2.04. The van der Waals surface area contributed by atoms with Crippen molar-refractivity contribution in [2.24, 2.45) is 5.92 Å². The van der Waals surface area contributed by atoms with Crippen molar-refractivity contribution in [3.8, 4) is 0 Å². The van der Waals surface area contributed by atoms with Crippen LogP contribution >= 0.6 is 0 Å². The summed E-state index contributed by atoms with van der Waals surface area (Å²) in [6.07, 6.45) is 2.11. The molecule has 0 heterocycles. The molecule has 0 amide bonds. The summed E-state index contributed by atoms with van der Waals surface area (Å²) < 4.78 is 9.78. The number of hydrogen-bond acceptors (Lipinski definition) is 4. The molecule has 4 heteroatoms. The van der Waals surface area contributed by atoms with Gasteiger partial charge < -0.3 is 9.47 Å². The largest absolute Gasteiger partial charge is 0.466 e. The first-order valence-corrected chi connectivity index (χ1v) is 5.87. The molecule has 0 spiro atoms. The first kappa shape index (κ1) is 14.9. The van der Waals surface area contributed by atoms with Crippen LogP contribution in [0.3, 0.4) is 0 Å². The Balaban J connectivity index is 3.37. The molecule has 0 atom stereocenters. The maximum absolute atomic E-state index is 11.2. The first-order valence-electron chi connectivity index (χ1n) is 5.87. The molecule has 0 aliphatic heterocycles. The zero-order valence-corrected chi connectivity index (χ0v) is 10.5. The molecular formula is C12H22O4. The Bertz CT molecular complexity index is 211. The van der Waals surface area contributed by atoms with Crippen LogP contribution in [0.2, 0.25) is 0 Å². The Morgan fingerprint density at radius 1 is 1.00 bits per heavy atom. The second-order valence-corrected chi connectivity index (χ2v) is 4.09. The molecule has 94 valence electrons. The van der Waals surface area contributed by atoms with Crippen molar-refractivity contribution in [3.63, 3.8) is 0 Å². The van der Waals surface area contributed by atoms with Gasteiger partial charge in [0, 0.05) is 12.8 Å². The molecule has 0 saturated heterocycles. The van der Waals surface area contributed by atoms with Crippen LogP contribution in [0.1, 0.15) is 46.5 Å². The number of carbonyl (C=O) groups excluding carboxylic acids is 2. The fourth-order valence-electron chi connectivity index (χ4n) is 1.10. The van der Waals surface area contributed by atoms with Crippen LogP contribution in [0, 0.1) is 5.92 Å². The number of carbonyl (C=O) groups is 2. The highest BCUT2D eigenvalue weighted by molar-refractivity contribution is 5.70. The summed E-state index contributed by atoms with van der Waals surface area (Å²) in [6, 6.07) is 0. The number of esters is 2. The smallest absolute Gasteiger partial charge is 0.305 e. The minimum atomic E-state index is -0.196. The normalized spacial score (nSPS) is 10.2. The van der Waals surface area contributed by atoms with Gasteiger partial charge in [-0.25, -0.2) is 0 Å². The van der Waals surface area contributed by atoms with E-state index in [0.717, 1.165) is 0 Å². The SMILES string of the molecule is CCOC(=O)CCCCC(=O)OCC(C)C. The van der Waals surface area contributed by atoms with Gasteiger partial charge >= 0.3 is 11.9 Å². The second-order valence-electron chi connectivity index (χ2n) is 4.09.